The highest BCUT2D eigenvalue weighted by Gasteiger charge is 2.34. The first kappa shape index (κ1) is 91.7. The van der Waals surface area contributed by atoms with E-state index in [0.717, 1.165) is 85.0 Å². The van der Waals surface area contributed by atoms with E-state index < -0.39 is 40.3 Å². The SMILES string of the molecule is CC(C)(C)OC(=O)N1CCn2c(nnc2-c2ncns2)C1.CC(C)(C)OC(=O)N1CCn2c(nnc2C(N)=O)C1.CC(C)(C)OC(=O)N1CCn2c(nnc2C(N)=S)C1.CN(C)C=NC(=S)c1nnc2n1CCN(C(=O)OC(C)(C)C)C2.NC(=O)c1nnc2n1CCNC2.O=C=O.c1nnc2n1CCNC2.c1nsc(-c2nnc3n2CCNC3)n1. The fourth-order valence-electron chi connectivity index (χ4n) is 11.5. The lowest BCUT2D eigenvalue weighted by atomic mass is 10.2. The van der Waals surface area contributed by atoms with Crippen molar-refractivity contribution in [3.8, 4) is 21.7 Å². The normalized spacial score (nSPS) is 14.9. The molecule has 6 amide bonds. The number of rotatable bonds is 7. The van der Waals surface area contributed by atoms with Gasteiger partial charge >= 0.3 is 30.5 Å². The van der Waals surface area contributed by atoms with E-state index in [1.165, 1.54) is 34.3 Å². The van der Waals surface area contributed by atoms with Crippen molar-refractivity contribution < 1.29 is 57.3 Å². The van der Waals surface area contributed by atoms with E-state index in [1.807, 2.05) is 111 Å². The van der Waals surface area contributed by atoms with E-state index in [9.17, 15) is 28.8 Å². The maximum Gasteiger partial charge on any atom is 0.410 e. The van der Waals surface area contributed by atoms with Gasteiger partial charge in [0.05, 0.1) is 52.2 Å². The third-order valence-corrected chi connectivity index (χ3v) is 18.5. The summed E-state index contributed by atoms with van der Waals surface area (Å²) in [5.41, 5.74) is 13.8. The molecule has 0 saturated heterocycles. The van der Waals surface area contributed by atoms with Crippen molar-refractivity contribution in [1.29, 1.82) is 0 Å². The summed E-state index contributed by atoms with van der Waals surface area (Å²) in [7, 11) is 3.73. The van der Waals surface area contributed by atoms with Crippen molar-refractivity contribution in [3.05, 3.63) is 83.1 Å². The van der Waals surface area contributed by atoms with Gasteiger partial charge < -0.3 is 89.0 Å². The molecule has 120 heavy (non-hydrogen) atoms. The molecular weight excluding hydrogens is 1640 g/mol. The molecule has 0 unspecified atom stereocenters. The Morgan fingerprint density at radius 3 is 1.16 bits per heavy atom. The van der Waals surface area contributed by atoms with Gasteiger partial charge in [0.25, 0.3) is 11.8 Å². The predicted molar refractivity (Wildman–Crippen MR) is 431 cm³/mol. The summed E-state index contributed by atoms with van der Waals surface area (Å²) < 4.78 is 42.6. The second kappa shape index (κ2) is 41.0. The highest BCUT2D eigenvalue weighted by Crippen LogP contribution is 2.26. The van der Waals surface area contributed by atoms with E-state index in [4.69, 9.17) is 70.2 Å². The van der Waals surface area contributed by atoms with Crippen LogP contribution in [0.1, 0.15) is 157 Å². The third kappa shape index (κ3) is 25.9. The van der Waals surface area contributed by atoms with Crippen LogP contribution in [0, 0.1) is 0 Å². The average Bonchev–Trinajstić information content (AvgIpc) is 1.67. The summed E-state index contributed by atoms with van der Waals surface area (Å²) in [6.45, 7) is 35.3. The number of primary amides is 2. The summed E-state index contributed by atoms with van der Waals surface area (Å²) in [6, 6.07) is 0. The number of carbonyl (C=O) groups excluding carboxylic acids is 8. The molecule has 49 nitrogen and oxygen atoms in total. The van der Waals surface area contributed by atoms with Gasteiger partial charge in [0, 0.05) is 106 Å². The number of carbonyl (C=O) groups is 6. The first-order chi connectivity index (χ1) is 56.8. The summed E-state index contributed by atoms with van der Waals surface area (Å²) >= 11 is 12.8. The van der Waals surface area contributed by atoms with Crippen LogP contribution in [0.5, 0.6) is 0 Å². The van der Waals surface area contributed by atoms with Gasteiger partial charge in [-0.3, -0.25) is 29.2 Å². The highest BCUT2D eigenvalue weighted by atomic mass is 32.1. The van der Waals surface area contributed by atoms with Gasteiger partial charge in [0.2, 0.25) is 11.6 Å². The van der Waals surface area contributed by atoms with Crippen LogP contribution >= 0.6 is 47.5 Å². The molecular formula is C67H97N37O12S4. The second-order valence-electron chi connectivity index (χ2n) is 30.8. The number of thiocarbonyl (C=S) groups is 2. The Morgan fingerprint density at radius 1 is 0.442 bits per heavy atom. The van der Waals surface area contributed by atoms with E-state index in [2.05, 4.69) is 120 Å². The second-order valence-corrected chi connectivity index (χ2v) is 33.2. The van der Waals surface area contributed by atoms with Gasteiger partial charge in [-0.2, -0.15) is 18.3 Å². The number of nitrogens with zero attached hydrogens (tertiary/aromatic N) is 31. The maximum absolute atomic E-state index is 12.1. The van der Waals surface area contributed by atoms with E-state index >= 15 is 0 Å². The molecule has 9 aromatic heterocycles. The number of nitrogens with one attached hydrogen (secondary N) is 3. The molecule has 16 rings (SSSR count). The molecule has 0 atom stereocenters. The minimum Gasteiger partial charge on any atom is -0.444 e. The van der Waals surface area contributed by atoms with Gasteiger partial charge in [-0.15, -0.1) is 71.4 Å². The lowest BCUT2D eigenvalue weighted by Gasteiger charge is -2.30. The van der Waals surface area contributed by atoms with Crippen LogP contribution in [-0.2, 0) is 120 Å². The molecule has 646 valence electrons. The van der Waals surface area contributed by atoms with Gasteiger partial charge in [-0.05, 0) is 106 Å². The molecule has 0 aromatic carbocycles. The molecule has 0 radical (unpaired) electrons. The van der Waals surface area contributed by atoms with Crippen LogP contribution in [-0.4, -0.2) is 288 Å². The number of hydrogen-bond acceptors (Lipinski definition) is 37. The summed E-state index contributed by atoms with van der Waals surface area (Å²) in [5, 5.41) is 66.6. The molecule has 16 heterocycles. The Labute approximate surface area is 706 Å². The van der Waals surface area contributed by atoms with Crippen molar-refractivity contribution >= 4 is 106 Å². The summed E-state index contributed by atoms with van der Waals surface area (Å²) in [6.07, 6.45) is 5.27. The molecule has 0 bridgehead atoms. The van der Waals surface area contributed by atoms with Gasteiger partial charge in [0.1, 0.15) is 63.8 Å². The van der Waals surface area contributed by atoms with Gasteiger partial charge in [0.15, 0.2) is 61.6 Å². The largest absolute Gasteiger partial charge is 0.444 e. The molecule has 9 N–H and O–H groups in total. The minimum atomic E-state index is -0.621. The van der Waals surface area contributed by atoms with Crippen LogP contribution < -0.4 is 33.2 Å². The first-order valence-electron chi connectivity index (χ1n) is 37.4. The van der Waals surface area contributed by atoms with Crippen LogP contribution in [0.25, 0.3) is 21.7 Å². The number of hydrogen-bond donors (Lipinski definition) is 6. The van der Waals surface area contributed by atoms with Crippen LogP contribution in [0.2, 0.25) is 0 Å². The number of amides is 6. The zero-order chi connectivity index (χ0) is 87.4. The number of nitrogens with two attached hydrogens (primary N) is 3. The van der Waals surface area contributed by atoms with E-state index in [-0.39, 0.29) is 47.6 Å². The molecule has 0 saturated carbocycles. The fraction of sp³-hybridized carbons (Fsp3) is 0.582. The van der Waals surface area contributed by atoms with Crippen molar-refractivity contribution in [1.82, 2.24) is 163 Å². The smallest absolute Gasteiger partial charge is 0.410 e. The topological polar surface area (TPSA) is 583 Å². The number of aliphatic imine (C=N–C) groups is 1. The standard InChI is InChI=1S/C14H22N6O2S.C12H16N6O2S.C11H17N5O3.C11H17N5O2S.C7H8N6S.C6H9N5O.C5H8N4.CO2/c1-14(2,3)22-13(21)19-6-7-20-10(8-19)16-17-11(20)12(23)15-9-18(4)5;1-12(2,3)20-11(19)17-4-5-18-8(6-17)15-16-9(18)10-13-7-14-21-10;1-11(2,3)19-10(18)15-4-5-16-7(6-15)13-14-9(16)8(12)17;1-11(2,3)18-10(17)15-4-5-16-7(6-15)13-14-9(16)8(12)19;1-2-13-5(3-8-1)11-12-6(13)7-9-4-10-14-7;7-5(12)6-10-9-4-3-8-1-2-11(4)6;1-2-9-4-7-8-5(9)3-6-1;2-1-3/h9H,6-8H2,1-5H3;7H,4-6H2,1-3H3;4-6H2,1-3H3,(H2,12,17);4-6H2,1-3H3,(H2,12,19);4,8H,1-3H2;8H,1-3H2,(H2,7,12);4,6H,1-3H2;. The van der Waals surface area contributed by atoms with Gasteiger partial charge in [-0.25, -0.2) is 34.1 Å². The zero-order valence-electron chi connectivity index (χ0n) is 68.8. The van der Waals surface area contributed by atoms with E-state index in [0.29, 0.717) is 125 Å². The summed E-state index contributed by atoms with van der Waals surface area (Å²) in [4.78, 5) is 108. The number of ether oxygens (including phenoxy) is 4. The Morgan fingerprint density at radius 2 is 0.767 bits per heavy atom. The zero-order valence-corrected chi connectivity index (χ0v) is 72.1. The molecule has 7 aliphatic rings. The first-order valence-corrected chi connectivity index (χ1v) is 39.8. The number of fused-ring (bicyclic) bond motifs is 7. The quantitative estimate of drug-likeness (QED) is 0.0556. The lowest BCUT2D eigenvalue weighted by Crippen LogP contribution is -2.42. The fourth-order valence-corrected chi connectivity index (χ4v) is 12.9. The minimum absolute atomic E-state index is 0.124. The molecule has 9 aromatic rings. The summed E-state index contributed by atoms with van der Waals surface area (Å²) in [5.74, 6) is 7.23. The van der Waals surface area contributed by atoms with E-state index in [1.54, 1.807) is 47.7 Å². The Kier molecular flexibility index (Phi) is 31.3. The van der Waals surface area contributed by atoms with Crippen LogP contribution in [0.15, 0.2) is 24.0 Å². The van der Waals surface area contributed by atoms with Crippen molar-refractivity contribution in [2.75, 3.05) is 59.9 Å². The van der Waals surface area contributed by atoms with Crippen LogP contribution in [0.3, 0.4) is 0 Å². The van der Waals surface area contributed by atoms with Crippen molar-refractivity contribution in [2.24, 2.45) is 22.2 Å². The molecule has 53 heteroatoms. The number of aromatic nitrogens is 25. The Hall–Kier alpha value is -12.2. The average molecular weight is 1740 g/mol. The molecule has 0 spiro atoms. The molecule has 0 fully saturated rings. The van der Waals surface area contributed by atoms with Crippen LogP contribution in [0.4, 0.5) is 19.2 Å². The predicted octanol–water partition coefficient (Wildman–Crippen LogP) is 0.810. The monoisotopic (exact) mass is 1740 g/mol. The van der Waals surface area contributed by atoms with Crippen molar-refractivity contribution in [2.45, 2.75) is 197 Å². The Bertz CT molecular complexity index is 4950. The molecule has 7 aliphatic heterocycles. The van der Waals surface area contributed by atoms with Crippen molar-refractivity contribution in [3.63, 3.8) is 0 Å². The maximum atomic E-state index is 12.1. The lowest BCUT2D eigenvalue weighted by molar-refractivity contribution is -0.191. The third-order valence-electron chi connectivity index (χ3n) is 16.7. The van der Waals surface area contributed by atoms with Gasteiger partial charge in [-0.1, -0.05) is 24.4 Å². The highest BCUT2D eigenvalue weighted by molar-refractivity contribution is 7.81. The molecule has 0 aliphatic carbocycles. The Balaban J connectivity index is 0.000000161.